The SMILES string of the molecule is CC(C)(CO)CNC1CCc2ccccc21. The fraction of sp³-hybridized carbons (Fsp3) is 0.571. The van der Waals surface area contributed by atoms with Gasteiger partial charge in [0.2, 0.25) is 0 Å². The van der Waals surface area contributed by atoms with Crippen LogP contribution < -0.4 is 5.32 Å². The van der Waals surface area contributed by atoms with Gasteiger partial charge in [-0.2, -0.15) is 0 Å². The summed E-state index contributed by atoms with van der Waals surface area (Å²) in [4.78, 5) is 0. The van der Waals surface area contributed by atoms with Crippen LogP contribution in [0.3, 0.4) is 0 Å². The van der Waals surface area contributed by atoms with E-state index in [9.17, 15) is 5.11 Å². The molecule has 2 heteroatoms. The highest BCUT2D eigenvalue weighted by molar-refractivity contribution is 5.34. The fourth-order valence-electron chi connectivity index (χ4n) is 2.22. The second kappa shape index (κ2) is 4.56. The summed E-state index contributed by atoms with van der Waals surface area (Å²) in [7, 11) is 0. The molecule has 2 N–H and O–H groups in total. The molecule has 1 aromatic rings. The van der Waals surface area contributed by atoms with Gasteiger partial charge in [-0.1, -0.05) is 38.1 Å². The normalized spacial score (nSPS) is 19.8. The van der Waals surface area contributed by atoms with Crippen LogP contribution in [0.2, 0.25) is 0 Å². The lowest BCUT2D eigenvalue weighted by molar-refractivity contribution is 0.153. The minimum Gasteiger partial charge on any atom is -0.396 e. The Morgan fingerprint density at radius 3 is 2.88 bits per heavy atom. The topological polar surface area (TPSA) is 32.3 Å². The van der Waals surface area contributed by atoms with E-state index in [4.69, 9.17) is 0 Å². The Kier molecular flexibility index (Phi) is 3.31. The number of aliphatic hydroxyl groups is 1. The molecule has 0 amide bonds. The van der Waals surface area contributed by atoms with Crippen LogP contribution in [0.1, 0.15) is 37.4 Å². The monoisotopic (exact) mass is 219 g/mol. The third kappa shape index (κ3) is 2.45. The molecule has 2 rings (SSSR count). The predicted molar refractivity (Wildman–Crippen MR) is 66.4 cm³/mol. The first kappa shape index (κ1) is 11.6. The van der Waals surface area contributed by atoms with E-state index in [0.29, 0.717) is 6.04 Å². The number of fused-ring (bicyclic) bond motifs is 1. The van der Waals surface area contributed by atoms with E-state index < -0.39 is 0 Å². The van der Waals surface area contributed by atoms with Crippen molar-refractivity contribution in [1.82, 2.24) is 5.32 Å². The molecule has 16 heavy (non-hydrogen) atoms. The summed E-state index contributed by atoms with van der Waals surface area (Å²) in [6.45, 7) is 5.26. The molecule has 88 valence electrons. The number of rotatable bonds is 4. The highest BCUT2D eigenvalue weighted by Gasteiger charge is 2.24. The summed E-state index contributed by atoms with van der Waals surface area (Å²) in [6.07, 6.45) is 2.36. The van der Waals surface area contributed by atoms with Crippen molar-refractivity contribution in [2.75, 3.05) is 13.2 Å². The number of hydrogen-bond donors (Lipinski definition) is 2. The first-order valence-corrected chi connectivity index (χ1v) is 6.04. The first-order chi connectivity index (χ1) is 7.62. The summed E-state index contributed by atoms with van der Waals surface area (Å²) in [6, 6.07) is 9.12. The minimum absolute atomic E-state index is 0.0302. The van der Waals surface area contributed by atoms with Gasteiger partial charge >= 0.3 is 0 Å². The van der Waals surface area contributed by atoms with Crippen molar-refractivity contribution in [2.24, 2.45) is 5.41 Å². The highest BCUT2D eigenvalue weighted by atomic mass is 16.3. The zero-order valence-corrected chi connectivity index (χ0v) is 10.2. The van der Waals surface area contributed by atoms with E-state index in [-0.39, 0.29) is 12.0 Å². The molecule has 0 saturated carbocycles. The Morgan fingerprint density at radius 2 is 2.12 bits per heavy atom. The average molecular weight is 219 g/mol. The highest BCUT2D eigenvalue weighted by Crippen LogP contribution is 2.31. The molecule has 1 unspecified atom stereocenters. The van der Waals surface area contributed by atoms with Crippen LogP contribution in [-0.2, 0) is 6.42 Å². The van der Waals surface area contributed by atoms with Gasteiger partial charge in [-0.15, -0.1) is 0 Å². The van der Waals surface area contributed by atoms with Gasteiger partial charge in [0.05, 0.1) is 0 Å². The zero-order chi connectivity index (χ0) is 11.6. The third-order valence-electron chi connectivity index (χ3n) is 3.39. The third-order valence-corrected chi connectivity index (χ3v) is 3.39. The van der Waals surface area contributed by atoms with Crippen molar-refractivity contribution in [3.05, 3.63) is 35.4 Å². The van der Waals surface area contributed by atoms with Crippen LogP contribution in [0.15, 0.2) is 24.3 Å². The molecule has 1 aromatic carbocycles. The van der Waals surface area contributed by atoms with Gasteiger partial charge in [-0.25, -0.2) is 0 Å². The maximum Gasteiger partial charge on any atom is 0.0494 e. The lowest BCUT2D eigenvalue weighted by atomic mass is 9.94. The molecule has 1 aliphatic rings. The lowest BCUT2D eigenvalue weighted by Gasteiger charge is -2.25. The van der Waals surface area contributed by atoms with Crippen LogP contribution in [-0.4, -0.2) is 18.3 Å². The van der Waals surface area contributed by atoms with Crippen molar-refractivity contribution >= 4 is 0 Å². The number of nitrogens with one attached hydrogen (secondary N) is 1. The largest absolute Gasteiger partial charge is 0.396 e. The summed E-state index contributed by atoms with van der Waals surface area (Å²) in [5.74, 6) is 0. The van der Waals surface area contributed by atoms with Crippen molar-refractivity contribution in [1.29, 1.82) is 0 Å². The average Bonchev–Trinajstić information content (AvgIpc) is 2.70. The maximum atomic E-state index is 9.22. The quantitative estimate of drug-likeness (QED) is 0.814. The second-order valence-corrected chi connectivity index (χ2v) is 5.49. The molecule has 0 aromatic heterocycles. The fourth-order valence-corrected chi connectivity index (χ4v) is 2.22. The molecule has 0 spiro atoms. The smallest absolute Gasteiger partial charge is 0.0494 e. The molecule has 0 radical (unpaired) electrons. The lowest BCUT2D eigenvalue weighted by Crippen LogP contribution is -2.34. The molecule has 1 aliphatic carbocycles. The summed E-state index contributed by atoms with van der Waals surface area (Å²) < 4.78 is 0. The molecule has 0 aliphatic heterocycles. The zero-order valence-electron chi connectivity index (χ0n) is 10.2. The Bertz CT molecular complexity index is 360. The molecule has 0 fully saturated rings. The Balaban J connectivity index is 1.99. The first-order valence-electron chi connectivity index (χ1n) is 6.04. The van der Waals surface area contributed by atoms with E-state index in [1.54, 1.807) is 0 Å². The molecule has 0 saturated heterocycles. The molecule has 0 bridgehead atoms. The minimum atomic E-state index is -0.0302. The van der Waals surface area contributed by atoms with Gasteiger partial charge in [0.25, 0.3) is 0 Å². The van der Waals surface area contributed by atoms with E-state index in [2.05, 4.69) is 43.4 Å². The van der Waals surface area contributed by atoms with Gasteiger partial charge in [0, 0.05) is 24.6 Å². The van der Waals surface area contributed by atoms with Crippen LogP contribution in [0, 0.1) is 5.41 Å². The summed E-state index contributed by atoms with van der Waals surface area (Å²) >= 11 is 0. The van der Waals surface area contributed by atoms with Gasteiger partial charge < -0.3 is 10.4 Å². The van der Waals surface area contributed by atoms with Gasteiger partial charge in [-0.05, 0) is 24.0 Å². The van der Waals surface area contributed by atoms with Crippen molar-refractivity contribution in [3.8, 4) is 0 Å². The molecule has 2 nitrogen and oxygen atoms in total. The van der Waals surface area contributed by atoms with Crippen molar-refractivity contribution in [3.63, 3.8) is 0 Å². The van der Waals surface area contributed by atoms with E-state index in [1.165, 1.54) is 24.0 Å². The Labute approximate surface area is 97.7 Å². The molecular formula is C14H21NO. The van der Waals surface area contributed by atoms with Crippen molar-refractivity contribution in [2.45, 2.75) is 32.7 Å². The number of aryl methyl sites for hydroxylation is 1. The molecule has 1 atom stereocenters. The predicted octanol–water partition coefficient (Wildman–Crippen LogP) is 2.28. The summed E-state index contributed by atoms with van der Waals surface area (Å²) in [5.41, 5.74) is 2.88. The van der Waals surface area contributed by atoms with Gasteiger partial charge in [0.15, 0.2) is 0 Å². The number of aliphatic hydroxyl groups excluding tert-OH is 1. The van der Waals surface area contributed by atoms with E-state index in [0.717, 1.165) is 6.54 Å². The summed E-state index contributed by atoms with van der Waals surface area (Å²) in [5, 5.41) is 12.8. The number of hydrogen-bond acceptors (Lipinski definition) is 2. The van der Waals surface area contributed by atoms with Crippen LogP contribution in [0.5, 0.6) is 0 Å². The maximum absolute atomic E-state index is 9.22. The molecule has 0 heterocycles. The van der Waals surface area contributed by atoms with Crippen LogP contribution >= 0.6 is 0 Å². The molecular weight excluding hydrogens is 198 g/mol. The van der Waals surface area contributed by atoms with Crippen LogP contribution in [0.25, 0.3) is 0 Å². The standard InChI is InChI=1S/C14H21NO/c1-14(2,10-16)9-15-13-8-7-11-5-3-4-6-12(11)13/h3-6,13,15-16H,7-10H2,1-2H3. The number of benzene rings is 1. The van der Waals surface area contributed by atoms with E-state index >= 15 is 0 Å². The second-order valence-electron chi connectivity index (χ2n) is 5.49. The van der Waals surface area contributed by atoms with Crippen LogP contribution in [0.4, 0.5) is 0 Å². The Hall–Kier alpha value is -0.860. The Morgan fingerprint density at radius 1 is 1.38 bits per heavy atom. The van der Waals surface area contributed by atoms with Crippen molar-refractivity contribution < 1.29 is 5.11 Å². The van der Waals surface area contributed by atoms with E-state index in [1.807, 2.05) is 0 Å². The van der Waals surface area contributed by atoms with Gasteiger partial charge in [-0.3, -0.25) is 0 Å². The van der Waals surface area contributed by atoms with Gasteiger partial charge in [0.1, 0.15) is 0 Å².